The van der Waals surface area contributed by atoms with Crippen molar-refractivity contribution in [3.8, 4) is 0 Å². The highest BCUT2D eigenvalue weighted by molar-refractivity contribution is 7.89. The van der Waals surface area contributed by atoms with E-state index < -0.39 is 15.9 Å². The molecule has 4 aromatic rings. The van der Waals surface area contributed by atoms with Crippen molar-refractivity contribution in [3.05, 3.63) is 58.3 Å². The summed E-state index contributed by atoms with van der Waals surface area (Å²) in [6.07, 6.45) is 1.36. The van der Waals surface area contributed by atoms with Crippen molar-refractivity contribution >= 4 is 53.4 Å². The molecule has 9 nitrogen and oxygen atoms in total. The number of amides is 1. The van der Waals surface area contributed by atoms with Crippen molar-refractivity contribution in [1.29, 1.82) is 0 Å². The van der Waals surface area contributed by atoms with Crippen LogP contribution >= 0.6 is 11.3 Å². The number of carbonyl (C=O) groups excluding carboxylic acids is 1. The van der Waals surface area contributed by atoms with Crippen molar-refractivity contribution < 1.29 is 13.2 Å². The first-order valence-electron chi connectivity index (χ1n) is 9.66. The molecule has 1 aromatic carbocycles. The number of pyridine rings is 1. The smallest absolute Gasteiger partial charge is 0.271 e. The number of rotatable bonds is 5. The zero-order valence-corrected chi connectivity index (χ0v) is 19.5. The normalized spacial score (nSPS) is 12.0. The van der Waals surface area contributed by atoms with Gasteiger partial charge in [-0.15, -0.1) is 11.3 Å². The molecule has 0 aliphatic rings. The average molecular weight is 472 g/mol. The number of aryl methyl sites for hydroxylation is 2. The monoisotopic (exact) mass is 471 g/mol. The van der Waals surface area contributed by atoms with E-state index in [-0.39, 0.29) is 17.0 Å². The van der Waals surface area contributed by atoms with Crippen LogP contribution in [0.3, 0.4) is 0 Å². The number of sulfonamides is 1. The number of thiophene rings is 1. The first-order valence-corrected chi connectivity index (χ1v) is 11.9. The van der Waals surface area contributed by atoms with Gasteiger partial charge in [0.2, 0.25) is 15.9 Å². The second-order valence-corrected chi connectivity index (χ2v) is 10.7. The Hall–Kier alpha value is -3.15. The van der Waals surface area contributed by atoms with Gasteiger partial charge in [0.1, 0.15) is 16.1 Å². The Balaban J connectivity index is 1.58. The van der Waals surface area contributed by atoms with E-state index in [4.69, 9.17) is 0 Å². The molecule has 0 unspecified atom stereocenters. The third kappa shape index (κ3) is 3.90. The van der Waals surface area contributed by atoms with E-state index in [1.807, 2.05) is 19.9 Å². The molecule has 0 spiro atoms. The van der Waals surface area contributed by atoms with Crippen molar-refractivity contribution in [2.75, 3.05) is 19.4 Å². The van der Waals surface area contributed by atoms with Gasteiger partial charge in [-0.05, 0) is 49.7 Å². The second-order valence-electron chi connectivity index (χ2n) is 7.58. The number of hydrogen-bond donors (Lipinski definition) is 1. The number of carbonyl (C=O) groups is 1. The van der Waals surface area contributed by atoms with E-state index in [0.29, 0.717) is 15.9 Å². The first-order chi connectivity index (χ1) is 15.1. The van der Waals surface area contributed by atoms with E-state index in [9.17, 15) is 18.0 Å². The molecule has 0 saturated carbocycles. The van der Waals surface area contributed by atoms with Gasteiger partial charge in [-0.2, -0.15) is 0 Å². The Morgan fingerprint density at radius 3 is 2.53 bits per heavy atom. The van der Waals surface area contributed by atoms with E-state index >= 15 is 0 Å². The molecule has 3 heterocycles. The Kier molecular flexibility index (Phi) is 5.57. The Morgan fingerprint density at radius 2 is 1.88 bits per heavy atom. The highest BCUT2D eigenvalue weighted by Gasteiger charge is 2.18. The van der Waals surface area contributed by atoms with Crippen molar-refractivity contribution in [3.63, 3.8) is 0 Å². The molecule has 32 heavy (non-hydrogen) atoms. The summed E-state index contributed by atoms with van der Waals surface area (Å²) in [5, 5.41) is 3.53. The van der Waals surface area contributed by atoms with Gasteiger partial charge in [0, 0.05) is 30.9 Å². The highest BCUT2D eigenvalue weighted by Crippen LogP contribution is 2.31. The molecular weight excluding hydrogens is 450 g/mol. The number of aromatic nitrogens is 3. The summed E-state index contributed by atoms with van der Waals surface area (Å²) in [6.45, 7) is 3.63. The predicted octanol–water partition coefficient (Wildman–Crippen LogP) is 2.51. The maximum absolute atomic E-state index is 13.0. The minimum Gasteiger partial charge on any atom is -0.325 e. The molecule has 166 valence electrons. The molecule has 0 saturated heterocycles. The van der Waals surface area contributed by atoms with Crippen LogP contribution in [0.1, 0.15) is 11.3 Å². The van der Waals surface area contributed by atoms with E-state index in [1.165, 1.54) is 60.6 Å². The SMILES string of the molecule is Cc1cc(C)c2c(n1)sc1c(=O)n(CC(=O)Nc3ccc(S(=O)(=O)N(C)C)cc3)cnc12. The lowest BCUT2D eigenvalue weighted by Gasteiger charge is -2.12. The molecule has 1 amide bonds. The van der Waals surface area contributed by atoms with Crippen molar-refractivity contribution in [2.24, 2.45) is 0 Å². The predicted molar refractivity (Wildman–Crippen MR) is 125 cm³/mol. The topological polar surface area (TPSA) is 114 Å². The van der Waals surface area contributed by atoms with Crippen LogP contribution < -0.4 is 10.9 Å². The van der Waals surface area contributed by atoms with Crippen LogP contribution in [0.25, 0.3) is 20.4 Å². The van der Waals surface area contributed by atoms with Gasteiger partial charge < -0.3 is 5.32 Å². The summed E-state index contributed by atoms with van der Waals surface area (Å²) < 4.78 is 27.1. The van der Waals surface area contributed by atoms with Gasteiger partial charge >= 0.3 is 0 Å². The largest absolute Gasteiger partial charge is 0.325 e. The van der Waals surface area contributed by atoms with Crippen molar-refractivity contribution in [2.45, 2.75) is 25.3 Å². The molecule has 3 aromatic heterocycles. The molecule has 0 radical (unpaired) electrons. The van der Waals surface area contributed by atoms with Gasteiger partial charge in [0.15, 0.2) is 0 Å². The number of fused-ring (bicyclic) bond motifs is 3. The summed E-state index contributed by atoms with van der Waals surface area (Å²) >= 11 is 1.27. The van der Waals surface area contributed by atoms with Crippen LogP contribution in [0.5, 0.6) is 0 Å². The van der Waals surface area contributed by atoms with Crippen LogP contribution in [-0.4, -0.2) is 47.3 Å². The number of nitrogens with zero attached hydrogens (tertiary/aromatic N) is 4. The zero-order valence-electron chi connectivity index (χ0n) is 17.9. The van der Waals surface area contributed by atoms with Crippen LogP contribution in [0, 0.1) is 13.8 Å². The van der Waals surface area contributed by atoms with Crippen LogP contribution in [0.15, 0.2) is 46.3 Å². The van der Waals surface area contributed by atoms with E-state index in [2.05, 4.69) is 15.3 Å². The number of hydrogen-bond acceptors (Lipinski definition) is 7. The third-order valence-corrected chi connectivity index (χ3v) is 7.86. The molecule has 0 aliphatic carbocycles. The minimum absolute atomic E-state index is 0.121. The van der Waals surface area contributed by atoms with Crippen LogP contribution in [-0.2, 0) is 21.4 Å². The van der Waals surface area contributed by atoms with Gasteiger partial charge in [0.05, 0.1) is 16.7 Å². The lowest BCUT2D eigenvalue weighted by Crippen LogP contribution is -2.27. The second kappa shape index (κ2) is 8.08. The van der Waals surface area contributed by atoms with E-state index in [0.717, 1.165) is 25.8 Å². The quantitative estimate of drug-likeness (QED) is 0.478. The first kappa shape index (κ1) is 22.1. The fraction of sp³-hybridized carbons (Fsp3) is 0.238. The summed E-state index contributed by atoms with van der Waals surface area (Å²) in [5.41, 5.74) is 2.57. The highest BCUT2D eigenvalue weighted by atomic mass is 32.2. The van der Waals surface area contributed by atoms with Crippen molar-refractivity contribution in [1.82, 2.24) is 18.8 Å². The lowest BCUT2D eigenvalue weighted by molar-refractivity contribution is -0.116. The molecule has 0 atom stereocenters. The van der Waals surface area contributed by atoms with Crippen LogP contribution in [0.4, 0.5) is 5.69 Å². The summed E-state index contributed by atoms with van der Waals surface area (Å²) in [5.74, 6) is -0.428. The fourth-order valence-electron chi connectivity index (χ4n) is 3.39. The summed E-state index contributed by atoms with van der Waals surface area (Å²) in [7, 11) is -0.657. The Morgan fingerprint density at radius 1 is 1.19 bits per heavy atom. The molecule has 0 fully saturated rings. The maximum Gasteiger partial charge on any atom is 0.271 e. The third-order valence-electron chi connectivity index (χ3n) is 4.97. The minimum atomic E-state index is -3.55. The molecule has 1 N–H and O–H groups in total. The Bertz CT molecular complexity index is 1520. The van der Waals surface area contributed by atoms with Gasteiger partial charge in [-0.3, -0.25) is 14.2 Å². The zero-order chi connectivity index (χ0) is 23.2. The summed E-state index contributed by atoms with van der Waals surface area (Å²) in [6, 6.07) is 7.78. The Labute approximate surface area is 188 Å². The molecule has 0 bridgehead atoms. The summed E-state index contributed by atoms with van der Waals surface area (Å²) in [4.78, 5) is 35.2. The number of anilines is 1. The van der Waals surface area contributed by atoms with Gasteiger partial charge in [-0.25, -0.2) is 22.7 Å². The molecule has 0 aliphatic heterocycles. The number of nitrogens with one attached hydrogen (secondary N) is 1. The average Bonchev–Trinajstić information content (AvgIpc) is 3.09. The fourth-order valence-corrected chi connectivity index (χ4v) is 5.49. The van der Waals surface area contributed by atoms with Gasteiger partial charge in [-0.1, -0.05) is 0 Å². The standard InChI is InChI=1S/C21H21N5O4S2/c1-12-9-13(2)23-20-17(12)18-19(31-20)21(28)26(11-22-18)10-16(27)24-14-5-7-15(8-6-14)32(29,30)25(3)4/h5-9,11H,10H2,1-4H3,(H,24,27). The molecule has 4 rings (SSSR count). The van der Waals surface area contributed by atoms with E-state index in [1.54, 1.807) is 0 Å². The number of benzene rings is 1. The molecular formula is C21H21N5O4S2. The molecule has 11 heteroatoms. The lowest BCUT2D eigenvalue weighted by atomic mass is 10.1. The van der Waals surface area contributed by atoms with Crippen LogP contribution in [0.2, 0.25) is 0 Å². The van der Waals surface area contributed by atoms with Gasteiger partial charge in [0.25, 0.3) is 5.56 Å². The maximum atomic E-state index is 13.0.